The minimum absolute atomic E-state index is 0.0298. The number of hydrogen-bond acceptors (Lipinski definition) is 2. The summed E-state index contributed by atoms with van der Waals surface area (Å²) in [6.45, 7) is 3.90. The van der Waals surface area contributed by atoms with Crippen LogP contribution in [-0.4, -0.2) is 23.8 Å². The Morgan fingerprint density at radius 3 is 2.78 bits per heavy atom. The summed E-state index contributed by atoms with van der Waals surface area (Å²) in [5.74, 6) is 0. The molecule has 0 spiro atoms. The van der Waals surface area contributed by atoms with E-state index < -0.39 is 0 Å². The van der Waals surface area contributed by atoms with Gasteiger partial charge in [-0.3, -0.25) is 0 Å². The third-order valence-electron chi connectivity index (χ3n) is 2.77. The molecule has 0 aliphatic rings. The van der Waals surface area contributed by atoms with E-state index >= 15 is 0 Å². The van der Waals surface area contributed by atoms with Crippen LogP contribution in [0.5, 0.6) is 0 Å². The molecule has 0 saturated carbocycles. The Labute approximate surface area is 112 Å². The average molecular weight is 271 g/mol. The van der Waals surface area contributed by atoms with Crippen LogP contribution in [0.3, 0.4) is 0 Å². The van der Waals surface area contributed by atoms with E-state index in [4.69, 9.17) is 16.7 Å². The number of carbonyl (C=O) groups is 1. The van der Waals surface area contributed by atoms with Gasteiger partial charge in [0.25, 0.3) is 0 Å². The maximum absolute atomic E-state index is 11.8. The lowest BCUT2D eigenvalue weighted by Crippen LogP contribution is -2.38. The van der Waals surface area contributed by atoms with Crippen LogP contribution >= 0.6 is 11.6 Å². The Kier molecular flexibility index (Phi) is 5.95. The largest absolute Gasteiger partial charge is 0.396 e. The van der Waals surface area contributed by atoms with Gasteiger partial charge in [-0.2, -0.15) is 0 Å². The Balaban J connectivity index is 2.64. The molecular weight excluding hydrogens is 252 g/mol. The molecule has 1 rings (SSSR count). The Morgan fingerprint density at radius 1 is 1.50 bits per heavy atom. The zero-order valence-corrected chi connectivity index (χ0v) is 11.4. The Bertz CT molecular complexity index is 390. The Hall–Kier alpha value is -1.26. The summed E-state index contributed by atoms with van der Waals surface area (Å²) in [4.78, 5) is 11.8. The van der Waals surface area contributed by atoms with Crippen molar-refractivity contribution in [3.63, 3.8) is 0 Å². The minimum Gasteiger partial charge on any atom is -0.396 e. The van der Waals surface area contributed by atoms with E-state index in [2.05, 4.69) is 10.6 Å². The van der Waals surface area contributed by atoms with Crippen molar-refractivity contribution in [1.82, 2.24) is 5.32 Å². The summed E-state index contributed by atoms with van der Waals surface area (Å²) < 4.78 is 0. The van der Waals surface area contributed by atoms with Crippen LogP contribution in [0.2, 0.25) is 5.02 Å². The molecule has 0 fully saturated rings. The maximum atomic E-state index is 11.8. The van der Waals surface area contributed by atoms with Gasteiger partial charge in [0.1, 0.15) is 0 Å². The van der Waals surface area contributed by atoms with Crippen molar-refractivity contribution in [2.45, 2.75) is 32.7 Å². The molecule has 100 valence electrons. The topological polar surface area (TPSA) is 61.4 Å². The van der Waals surface area contributed by atoms with Gasteiger partial charge in [-0.05, 0) is 31.4 Å². The number of rotatable bonds is 5. The highest BCUT2D eigenvalue weighted by Gasteiger charge is 2.12. The first-order valence-corrected chi connectivity index (χ1v) is 6.39. The van der Waals surface area contributed by atoms with Crippen molar-refractivity contribution < 1.29 is 9.90 Å². The molecule has 0 bridgehead atoms. The van der Waals surface area contributed by atoms with E-state index in [1.54, 1.807) is 6.07 Å². The van der Waals surface area contributed by atoms with Gasteiger partial charge in [-0.25, -0.2) is 4.79 Å². The van der Waals surface area contributed by atoms with Crippen molar-refractivity contribution in [1.29, 1.82) is 0 Å². The van der Waals surface area contributed by atoms with E-state index in [9.17, 15) is 4.79 Å². The highest BCUT2D eigenvalue weighted by atomic mass is 35.5. The zero-order valence-electron chi connectivity index (χ0n) is 10.7. The van der Waals surface area contributed by atoms with E-state index in [1.807, 2.05) is 26.0 Å². The van der Waals surface area contributed by atoms with Crippen molar-refractivity contribution >= 4 is 23.3 Å². The van der Waals surface area contributed by atoms with Gasteiger partial charge in [0.05, 0.1) is 10.7 Å². The Morgan fingerprint density at radius 2 is 2.22 bits per heavy atom. The van der Waals surface area contributed by atoms with Gasteiger partial charge in [0.15, 0.2) is 0 Å². The third kappa shape index (κ3) is 4.20. The second-order valence-corrected chi connectivity index (χ2v) is 4.55. The molecule has 18 heavy (non-hydrogen) atoms. The molecule has 5 heteroatoms. The van der Waals surface area contributed by atoms with Crippen LogP contribution in [0.4, 0.5) is 10.5 Å². The molecular formula is C13H19ClN2O2. The molecule has 0 saturated heterocycles. The normalized spacial score (nSPS) is 12.0. The van der Waals surface area contributed by atoms with Gasteiger partial charge >= 0.3 is 6.03 Å². The van der Waals surface area contributed by atoms with Gasteiger partial charge in [-0.15, -0.1) is 0 Å². The van der Waals surface area contributed by atoms with Crippen LogP contribution in [0.1, 0.15) is 25.3 Å². The first-order valence-electron chi connectivity index (χ1n) is 6.02. The smallest absolute Gasteiger partial charge is 0.319 e. The second-order valence-electron chi connectivity index (χ2n) is 4.15. The number of aryl methyl sites for hydroxylation is 1. The van der Waals surface area contributed by atoms with Crippen LogP contribution in [0, 0.1) is 6.92 Å². The quantitative estimate of drug-likeness (QED) is 0.770. The maximum Gasteiger partial charge on any atom is 0.319 e. The van der Waals surface area contributed by atoms with Gasteiger partial charge < -0.3 is 15.7 Å². The lowest BCUT2D eigenvalue weighted by atomic mass is 10.1. The van der Waals surface area contributed by atoms with Crippen molar-refractivity contribution in [3.8, 4) is 0 Å². The minimum atomic E-state index is -0.300. The highest BCUT2D eigenvalue weighted by molar-refractivity contribution is 6.33. The molecule has 0 unspecified atom stereocenters. The molecule has 0 aromatic heterocycles. The molecule has 3 N–H and O–H groups in total. The van der Waals surface area contributed by atoms with Gasteiger partial charge in [-0.1, -0.05) is 30.7 Å². The standard InChI is InChI=1S/C13H19ClN2O2/c1-3-10(7-8-17)15-13(18)16-12-9(2)5-4-6-11(12)14/h4-6,10,17H,3,7-8H2,1-2H3,(H2,15,16,18)/t10-/m1/s1. The number of nitrogens with one attached hydrogen (secondary N) is 2. The van der Waals surface area contributed by atoms with Crippen LogP contribution < -0.4 is 10.6 Å². The molecule has 2 amide bonds. The number of urea groups is 1. The van der Waals surface area contributed by atoms with Crippen molar-refractivity contribution in [3.05, 3.63) is 28.8 Å². The first kappa shape index (κ1) is 14.8. The molecule has 0 radical (unpaired) electrons. The van der Waals surface area contributed by atoms with Crippen molar-refractivity contribution in [2.75, 3.05) is 11.9 Å². The van der Waals surface area contributed by atoms with E-state index in [1.165, 1.54) is 0 Å². The fourth-order valence-electron chi connectivity index (χ4n) is 1.66. The number of hydrogen-bond donors (Lipinski definition) is 3. The molecule has 1 aromatic rings. The summed E-state index contributed by atoms with van der Waals surface area (Å²) in [6.07, 6.45) is 1.32. The zero-order chi connectivity index (χ0) is 13.5. The number of carbonyl (C=O) groups excluding carboxylic acids is 1. The number of para-hydroxylation sites is 1. The number of benzene rings is 1. The third-order valence-corrected chi connectivity index (χ3v) is 3.08. The lowest BCUT2D eigenvalue weighted by molar-refractivity contribution is 0.237. The van der Waals surface area contributed by atoms with Gasteiger partial charge in [0.2, 0.25) is 0 Å². The summed E-state index contributed by atoms with van der Waals surface area (Å²) in [5, 5.41) is 14.9. The number of aliphatic hydroxyl groups is 1. The van der Waals surface area contributed by atoms with Crippen LogP contribution in [0.15, 0.2) is 18.2 Å². The molecule has 1 aromatic carbocycles. The molecule has 0 aliphatic heterocycles. The number of anilines is 1. The number of halogens is 1. The van der Waals surface area contributed by atoms with E-state index in [-0.39, 0.29) is 18.7 Å². The average Bonchev–Trinajstić information content (AvgIpc) is 2.33. The van der Waals surface area contributed by atoms with E-state index in [0.717, 1.165) is 12.0 Å². The summed E-state index contributed by atoms with van der Waals surface area (Å²) in [7, 11) is 0. The summed E-state index contributed by atoms with van der Waals surface area (Å²) in [6, 6.07) is 5.12. The highest BCUT2D eigenvalue weighted by Crippen LogP contribution is 2.24. The second kappa shape index (κ2) is 7.24. The summed E-state index contributed by atoms with van der Waals surface area (Å²) >= 11 is 6.02. The predicted octanol–water partition coefficient (Wildman–Crippen LogP) is 2.93. The first-order chi connectivity index (χ1) is 8.58. The molecule has 0 aliphatic carbocycles. The van der Waals surface area contributed by atoms with E-state index in [0.29, 0.717) is 17.1 Å². The lowest BCUT2D eigenvalue weighted by Gasteiger charge is -2.17. The number of aliphatic hydroxyl groups excluding tert-OH is 1. The molecule has 4 nitrogen and oxygen atoms in total. The van der Waals surface area contributed by atoms with Crippen LogP contribution in [0.25, 0.3) is 0 Å². The van der Waals surface area contributed by atoms with Gasteiger partial charge in [0, 0.05) is 12.6 Å². The molecule has 0 heterocycles. The van der Waals surface area contributed by atoms with Crippen LogP contribution in [-0.2, 0) is 0 Å². The monoisotopic (exact) mass is 270 g/mol. The predicted molar refractivity (Wildman–Crippen MR) is 74.1 cm³/mol. The van der Waals surface area contributed by atoms with Crippen molar-refractivity contribution in [2.24, 2.45) is 0 Å². The molecule has 1 atom stereocenters. The fourth-order valence-corrected chi connectivity index (χ4v) is 1.93. The number of amides is 2. The fraction of sp³-hybridized carbons (Fsp3) is 0.462. The SMILES string of the molecule is CC[C@H](CCO)NC(=O)Nc1c(C)cccc1Cl. The summed E-state index contributed by atoms with van der Waals surface area (Å²) in [5.41, 5.74) is 1.53.